The molecular weight excluding hydrogens is 594 g/mol. The topological polar surface area (TPSA) is 199 Å². The highest BCUT2D eigenvalue weighted by molar-refractivity contribution is 7.22. The Labute approximate surface area is 255 Å². The molecule has 0 spiro atoms. The van der Waals surface area contributed by atoms with E-state index in [2.05, 4.69) is 4.90 Å². The number of carboxylic acids is 4. The number of carbonyl (C=O) groups excluding carboxylic acids is 1. The summed E-state index contributed by atoms with van der Waals surface area (Å²) in [6, 6.07) is 22.5. The van der Waals surface area contributed by atoms with Gasteiger partial charge in [-0.05, 0) is 74.0 Å². The second-order valence-electron chi connectivity index (χ2n) is 9.32. The van der Waals surface area contributed by atoms with Crippen molar-refractivity contribution in [2.75, 3.05) is 26.2 Å². The zero-order valence-electron chi connectivity index (χ0n) is 23.2. The molecule has 1 aromatic heterocycles. The number of hydrogen-bond donors (Lipinski definition) is 5. The van der Waals surface area contributed by atoms with E-state index in [9.17, 15) is 9.90 Å². The Morgan fingerprint density at radius 1 is 0.750 bits per heavy atom. The van der Waals surface area contributed by atoms with Gasteiger partial charge >= 0.3 is 23.9 Å². The van der Waals surface area contributed by atoms with E-state index in [1.54, 1.807) is 12.1 Å². The van der Waals surface area contributed by atoms with Crippen LogP contribution in [0.15, 0.2) is 72.8 Å². The number of rotatable bonds is 7. The maximum atomic E-state index is 13.4. The number of phenolic OH excluding ortho intramolecular Hbond substituents is 1. The van der Waals surface area contributed by atoms with Crippen LogP contribution in [-0.2, 0) is 19.2 Å². The number of benzene rings is 3. The molecule has 13 heteroatoms. The molecule has 4 aromatic rings. The summed E-state index contributed by atoms with van der Waals surface area (Å²) in [4.78, 5) is 53.2. The van der Waals surface area contributed by atoms with Crippen LogP contribution in [0, 0.1) is 0 Å². The third kappa shape index (κ3) is 9.37. The van der Waals surface area contributed by atoms with E-state index in [0.717, 1.165) is 32.8 Å². The fraction of sp³-hybridized carbons (Fsp3) is 0.194. The van der Waals surface area contributed by atoms with Crippen LogP contribution < -0.4 is 4.74 Å². The molecule has 0 bridgehead atoms. The maximum Gasteiger partial charge on any atom is 0.414 e. The highest BCUT2D eigenvalue weighted by atomic mass is 32.1. The Balaban J connectivity index is 0.000000375. The summed E-state index contributed by atoms with van der Waals surface area (Å²) in [5.41, 5.74) is 2.30. The van der Waals surface area contributed by atoms with Gasteiger partial charge in [-0.2, -0.15) is 0 Å². The summed E-state index contributed by atoms with van der Waals surface area (Å²) >= 11 is 1.53. The number of nitrogens with zero attached hydrogens (tertiary/aromatic N) is 1. The molecule has 1 saturated heterocycles. The fourth-order valence-electron chi connectivity index (χ4n) is 4.25. The molecule has 2 heterocycles. The fourth-order valence-corrected chi connectivity index (χ4v) is 5.49. The number of carboxylic acid groups (broad SMARTS) is 4. The third-order valence-electron chi connectivity index (χ3n) is 6.29. The standard InChI is InChI=1S/C27H25NO3S.2C2H2O4/c29-21-10-13-23-24(18-21)32-27(25(23)26(30)19-6-2-1-3-7-19)20-8-11-22(12-9-20)31-17-16-28-14-4-5-15-28;2*3-1(4)2(5)6/h1-3,6-13,18,29H,4-5,14-17H2;2*(H,3,4)(H,5,6). The van der Waals surface area contributed by atoms with Gasteiger partial charge in [0.2, 0.25) is 0 Å². The molecule has 1 aliphatic rings. The minimum absolute atomic E-state index is 0.0107. The number of ketones is 1. The molecule has 12 nitrogen and oxygen atoms in total. The van der Waals surface area contributed by atoms with E-state index >= 15 is 0 Å². The second kappa shape index (κ2) is 15.8. The first kappa shape index (κ1) is 33.2. The lowest BCUT2D eigenvalue weighted by Gasteiger charge is -2.15. The van der Waals surface area contributed by atoms with Gasteiger partial charge in [-0.15, -0.1) is 11.3 Å². The van der Waals surface area contributed by atoms with Crippen molar-refractivity contribution >= 4 is 51.1 Å². The van der Waals surface area contributed by atoms with Crippen molar-refractivity contribution in [1.82, 2.24) is 4.90 Å². The number of aromatic hydroxyl groups is 1. The molecule has 3 aromatic carbocycles. The first-order chi connectivity index (χ1) is 21.0. The van der Waals surface area contributed by atoms with Gasteiger partial charge in [-0.1, -0.05) is 30.3 Å². The molecule has 0 aliphatic carbocycles. The van der Waals surface area contributed by atoms with Gasteiger partial charge in [0.1, 0.15) is 18.1 Å². The molecule has 0 atom stereocenters. The maximum absolute atomic E-state index is 13.4. The van der Waals surface area contributed by atoms with Crippen LogP contribution in [0.5, 0.6) is 11.5 Å². The summed E-state index contributed by atoms with van der Waals surface area (Å²) in [5.74, 6) is -6.27. The smallest absolute Gasteiger partial charge is 0.414 e. The molecule has 5 rings (SSSR count). The molecule has 5 N–H and O–H groups in total. The van der Waals surface area contributed by atoms with Crippen molar-refractivity contribution < 1.29 is 54.2 Å². The highest BCUT2D eigenvalue weighted by Crippen LogP contribution is 2.41. The largest absolute Gasteiger partial charge is 0.508 e. The predicted molar refractivity (Wildman–Crippen MR) is 161 cm³/mol. The lowest BCUT2D eigenvalue weighted by molar-refractivity contribution is -0.159. The van der Waals surface area contributed by atoms with Gasteiger partial charge in [0.05, 0.1) is 0 Å². The summed E-state index contributed by atoms with van der Waals surface area (Å²) in [6.07, 6.45) is 2.57. The zero-order chi connectivity index (χ0) is 32.2. The van der Waals surface area contributed by atoms with Crippen molar-refractivity contribution in [3.8, 4) is 21.9 Å². The van der Waals surface area contributed by atoms with Crippen molar-refractivity contribution in [1.29, 1.82) is 0 Å². The number of phenols is 1. The van der Waals surface area contributed by atoms with Crippen molar-refractivity contribution in [2.24, 2.45) is 0 Å². The molecule has 0 radical (unpaired) electrons. The van der Waals surface area contributed by atoms with Crippen LogP contribution in [0.1, 0.15) is 28.8 Å². The van der Waals surface area contributed by atoms with Crippen LogP contribution in [0.4, 0.5) is 0 Å². The van der Waals surface area contributed by atoms with Crippen molar-refractivity contribution in [3.63, 3.8) is 0 Å². The van der Waals surface area contributed by atoms with Gasteiger partial charge in [-0.25, -0.2) is 19.2 Å². The summed E-state index contributed by atoms with van der Waals surface area (Å²) in [6.45, 7) is 3.97. The Morgan fingerprint density at radius 2 is 1.32 bits per heavy atom. The van der Waals surface area contributed by atoms with E-state index in [4.69, 9.17) is 44.3 Å². The lowest BCUT2D eigenvalue weighted by Crippen LogP contribution is -2.25. The van der Waals surface area contributed by atoms with Gasteiger partial charge in [-0.3, -0.25) is 9.69 Å². The number of thiophene rings is 1. The monoisotopic (exact) mass is 623 g/mol. The molecular formula is C31H29NO11S. The van der Waals surface area contributed by atoms with Crippen molar-refractivity contribution in [3.05, 3.63) is 83.9 Å². The number of fused-ring (bicyclic) bond motifs is 1. The Bertz CT molecular complexity index is 1580. The minimum Gasteiger partial charge on any atom is -0.508 e. The van der Waals surface area contributed by atoms with Crippen LogP contribution in [-0.4, -0.2) is 86.3 Å². The minimum atomic E-state index is -1.82. The second-order valence-corrected chi connectivity index (χ2v) is 10.4. The van der Waals surface area contributed by atoms with Crippen LogP contribution in [0.2, 0.25) is 0 Å². The third-order valence-corrected chi connectivity index (χ3v) is 7.50. The van der Waals surface area contributed by atoms with E-state index in [-0.39, 0.29) is 11.5 Å². The number of ether oxygens (including phenoxy) is 1. The lowest BCUT2D eigenvalue weighted by atomic mass is 9.97. The Hall–Kier alpha value is -5.27. The highest BCUT2D eigenvalue weighted by Gasteiger charge is 2.22. The van der Waals surface area contributed by atoms with E-state index in [1.807, 2.05) is 60.7 Å². The Kier molecular flexibility index (Phi) is 11.9. The summed E-state index contributed by atoms with van der Waals surface area (Å²) in [5, 5.41) is 40.4. The van der Waals surface area contributed by atoms with Crippen LogP contribution in [0.3, 0.4) is 0 Å². The van der Waals surface area contributed by atoms with Gasteiger partial charge in [0.25, 0.3) is 0 Å². The molecule has 44 heavy (non-hydrogen) atoms. The zero-order valence-corrected chi connectivity index (χ0v) is 24.0. The average molecular weight is 624 g/mol. The van der Waals surface area contributed by atoms with Gasteiger partial charge in [0.15, 0.2) is 5.78 Å². The summed E-state index contributed by atoms with van der Waals surface area (Å²) < 4.78 is 6.84. The number of hydrogen-bond acceptors (Lipinski definition) is 9. The first-order valence-corrected chi connectivity index (χ1v) is 14.0. The first-order valence-electron chi connectivity index (χ1n) is 13.2. The number of aliphatic carboxylic acids is 4. The molecule has 0 unspecified atom stereocenters. The molecule has 0 amide bonds. The van der Waals surface area contributed by atoms with Crippen molar-refractivity contribution in [2.45, 2.75) is 12.8 Å². The van der Waals surface area contributed by atoms with Gasteiger partial charge in [0, 0.05) is 32.6 Å². The Morgan fingerprint density at radius 3 is 1.86 bits per heavy atom. The number of likely N-dealkylation sites (tertiary alicyclic amines) is 1. The quantitative estimate of drug-likeness (QED) is 0.145. The van der Waals surface area contributed by atoms with Crippen LogP contribution in [0.25, 0.3) is 20.5 Å². The molecule has 230 valence electrons. The SMILES string of the molecule is O=C(O)C(=O)O.O=C(O)C(=O)O.O=C(c1ccccc1)c1c(-c2ccc(OCCN3CCCC3)cc2)sc2cc(O)ccc12. The van der Waals surface area contributed by atoms with E-state index in [1.165, 1.54) is 37.3 Å². The number of carbonyl (C=O) groups is 5. The van der Waals surface area contributed by atoms with E-state index in [0.29, 0.717) is 17.7 Å². The molecule has 0 saturated carbocycles. The summed E-state index contributed by atoms with van der Waals surface area (Å²) in [7, 11) is 0. The van der Waals surface area contributed by atoms with Gasteiger partial charge < -0.3 is 30.3 Å². The average Bonchev–Trinajstić information content (AvgIpc) is 3.66. The van der Waals surface area contributed by atoms with E-state index < -0.39 is 23.9 Å². The van der Waals surface area contributed by atoms with Crippen LogP contribution >= 0.6 is 11.3 Å². The predicted octanol–water partition coefficient (Wildman–Crippen LogP) is 4.29. The molecule has 1 aliphatic heterocycles. The molecule has 1 fully saturated rings. The normalized spacial score (nSPS) is 12.3.